The van der Waals surface area contributed by atoms with Crippen molar-refractivity contribution < 1.29 is 29.0 Å². The molecule has 0 bridgehead atoms. The zero-order valence-electron chi connectivity index (χ0n) is 23.1. The van der Waals surface area contributed by atoms with Gasteiger partial charge in [-0.2, -0.15) is 0 Å². The minimum atomic E-state index is -1.10. The average Bonchev–Trinajstić information content (AvgIpc) is 3.24. The van der Waals surface area contributed by atoms with Crippen LogP contribution in [0.15, 0.2) is 42.0 Å². The Morgan fingerprint density at radius 1 is 1.00 bits per heavy atom. The van der Waals surface area contributed by atoms with E-state index in [9.17, 15) is 24.3 Å². The van der Waals surface area contributed by atoms with E-state index < -0.39 is 17.9 Å². The van der Waals surface area contributed by atoms with Crippen LogP contribution in [0.1, 0.15) is 83.6 Å². The Balaban J connectivity index is 1.15. The van der Waals surface area contributed by atoms with Gasteiger partial charge in [0.2, 0.25) is 5.91 Å². The molecule has 0 heterocycles. The topological polar surface area (TPSA) is 110 Å². The number of ketones is 1. The number of esters is 1. The lowest BCUT2D eigenvalue weighted by molar-refractivity contribution is -0.160. The van der Waals surface area contributed by atoms with Crippen LogP contribution >= 0.6 is 0 Å². The Kier molecular flexibility index (Phi) is 7.71. The Morgan fingerprint density at radius 2 is 1.77 bits per heavy atom. The van der Waals surface area contributed by atoms with Gasteiger partial charge in [-0.05, 0) is 79.8 Å². The van der Waals surface area contributed by atoms with Gasteiger partial charge in [0.1, 0.15) is 12.1 Å². The fourth-order valence-electron chi connectivity index (χ4n) is 8.45. The molecular weight excluding hydrogens is 494 g/mol. The molecule has 1 aromatic rings. The summed E-state index contributed by atoms with van der Waals surface area (Å²) in [6.45, 7) is 4.65. The maximum absolute atomic E-state index is 12.8. The molecule has 5 unspecified atom stereocenters. The van der Waals surface area contributed by atoms with Gasteiger partial charge in [-0.15, -0.1) is 0 Å². The maximum Gasteiger partial charge on any atom is 0.326 e. The van der Waals surface area contributed by atoms with Crippen LogP contribution in [0.3, 0.4) is 0 Å². The van der Waals surface area contributed by atoms with Crippen molar-refractivity contribution >= 4 is 23.6 Å². The molecule has 4 aliphatic carbocycles. The number of hydrogen-bond acceptors (Lipinski definition) is 5. The van der Waals surface area contributed by atoms with E-state index in [1.807, 2.05) is 36.4 Å². The molecule has 2 N–H and O–H groups in total. The van der Waals surface area contributed by atoms with Crippen molar-refractivity contribution in [1.82, 2.24) is 5.32 Å². The lowest BCUT2D eigenvalue weighted by atomic mass is 9.47. The van der Waals surface area contributed by atoms with Gasteiger partial charge in [0, 0.05) is 24.7 Å². The number of hydrogen-bond donors (Lipinski definition) is 2. The Morgan fingerprint density at radius 3 is 2.51 bits per heavy atom. The molecule has 39 heavy (non-hydrogen) atoms. The lowest BCUT2D eigenvalue weighted by Crippen LogP contribution is -2.51. The predicted molar refractivity (Wildman–Crippen MR) is 146 cm³/mol. The molecule has 7 nitrogen and oxygen atoms in total. The number of carbonyl (C=O) groups excluding carboxylic acids is 3. The molecular formula is C32H41NO6. The number of aliphatic carboxylic acids is 1. The molecule has 0 radical (unpaired) electrons. The molecule has 1 amide bonds. The fourth-order valence-corrected chi connectivity index (χ4v) is 8.45. The molecule has 210 valence electrons. The third-order valence-corrected chi connectivity index (χ3v) is 10.6. The normalized spacial score (nSPS) is 34.1. The van der Waals surface area contributed by atoms with Gasteiger partial charge in [-0.3, -0.25) is 14.4 Å². The monoisotopic (exact) mass is 535 g/mol. The largest absolute Gasteiger partial charge is 0.480 e. The molecule has 7 heteroatoms. The summed E-state index contributed by atoms with van der Waals surface area (Å²) in [4.78, 5) is 49.1. The number of benzene rings is 1. The van der Waals surface area contributed by atoms with Gasteiger partial charge >= 0.3 is 11.9 Å². The highest BCUT2D eigenvalue weighted by molar-refractivity contribution is 5.91. The number of ether oxygens (including phenoxy) is 1. The van der Waals surface area contributed by atoms with Crippen molar-refractivity contribution in [3.63, 3.8) is 0 Å². The third-order valence-electron chi connectivity index (χ3n) is 10.6. The van der Waals surface area contributed by atoms with Gasteiger partial charge in [0.15, 0.2) is 5.78 Å². The summed E-state index contributed by atoms with van der Waals surface area (Å²) in [6.07, 6.45) is 9.51. The van der Waals surface area contributed by atoms with Crippen molar-refractivity contribution in [3.05, 3.63) is 47.5 Å². The first-order valence-corrected chi connectivity index (χ1v) is 14.6. The smallest absolute Gasteiger partial charge is 0.326 e. The van der Waals surface area contributed by atoms with Crippen molar-refractivity contribution in [2.24, 2.45) is 28.6 Å². The standard InChI is InChI=1S/C32H41NO6/c1-31-16-14-22(34)19-21(31)8-9-23-24-10-11-27(32(24,2)17-15-25(23)31)39-29(36)13-12-28(35)33-26(30(37)38)18-20-6-4-3-5-7-20/h3-7,19,23-27H,8-18H2,1-2H3,(H,33,35)(H,37,38)/t23?,24?,25?,26?,27?,31-,32-/m0/s1. The molecule has 3 saturated carbocycles. The van der Waals surface area contributed by atoms with Crippen LogP contribution in [0, 0.1) is 28.6 Å². The molecule has 7 atom stereocenters. The first-order chi connectivity index (χ1) is 18.6. The summed E-state index contributed by atoms with van der Waals surface area (Å²) < 4.78 is 6.02. The summed E-state index contributed by atoms with van der Waals surface area (Å²) in [5.41, 5.74) is 2.23. The van der Waals surface area contributed by atoms with E-state index in [-0.39, 0.29) is 47.9 Å². The third kappa shape index (κ3) is 5.42. The summed E-state index contributed by atoms with van der Waals surface area (Å²) in [5.74, 6) is -0.00180. The lowest BCUT2D eigenvalue weighted by Gasteiger charge is -2.57. The highest BCUT2D eigenvalue weighted by atomic mass is 16.5. The van der Waals surface area contributed by atoms with Gasteiger partial charge < -0.3 is 15.2 Å². The predicted octanol–water partition coefficient (Wildman–Crippen LogP) is 5.02. The SMILES string of the molecule is C[C@]12CCC3C(CCC4=CC(=O)CC[C@@]43C)C1CCC2OC(=O)CCC(=O)NC(Cc1ccccc1)C(=O)O. The van der Waals surface area contributed by atoms with Crippen molar-refractivity contribution in [1.29, 1.82) is 0 Å². The Hall–Kier alpha value is -2.96. The molecule has 3 fully saturated rings. The Bertz CT molecular complexity index is 1160. The second-order valence-corrected chi connectivity index (χ2v) is 12.7. The number of carboxylic acid groups (broad SMARTS) is 1. The number of carboxylic acids is 1. The second kappa shape index (κ2) is 10.9. The quantitative estimate of drug-likeness (QED) is 0.452. The first-order valence-electron chi connectivity index (χ1n) is 14.6. The molecule has 4 aliphatic rings. The van der Waals surface area contributed by atoms with E-state index in [0.717, 1.165) is 50.5 Å². The minimum Gasteiger partial charge on any atom is -0.480 e. The van der Waals surface area contributed by atoms with Crippen molar-refractivity contribution in [3.8, 4) is 0 Å². The minimum absolute atomic E-state index is 0.0624. The summed E-state index contributed by atoms with van der Waals surface area (Å²) in [6, 6.07) is 8.10. The van der Waals surface area contributed by atoms with Crippen LogP contribution in [0.5, 0.6) is 0 Å². The number of nitrogens with one attached hydrogen (secondary N) is 1. The average molecular weight is 536 g/mol. The zero-order chi connectivity index (χ0) is 27.8. The molecule has 0 spiro atoms. The van der Waals surface area contributed by atoms with Crippen molar-refractivity contribution in [2.45, 2.75) is 96.6 Å². The number of rotatable bonds is 8. The highest BCUT2D eigenvalue weighted by Gasteiger charge is 2.59. The molecule has 5 rings (SSSR count). The van der Waals surface area contributed by atoms with Crippen LogP contribution in [-0.4, -0.2) is 40.9 Å². The molecule has 1 aromatic carbocycles. The second-order valence-electron chi connectivity index (χ2n) is 12.7. The van der Waals surface area contributed by atoms with E-state index in [1.54, 1.807) is 0 Å². The zero-order valence-corrected chi connectivity index (χ0v) is 23.1. The number of carbonyl (C=O) groups is 4. The summed E-state index contributed by atoms with van der Waals surface area (Å²) in [7, 11) is 0. The van der Waals surface area contributed by atoms with Crippen LogP contribution in [0.2, 0.25) is 0 Å². The van der Waals surface area contributed by atoms with E-state index in [1.165, 1.54) is 5.57 Å². The van der Waals surface area contributed by atoms with Crippen LogP contribution < -0.4 is 5.32 Å². The van der Waals surface area contributed by atoms with E-state index >= 15 is 0 Å². The highest BCUT2D eigenvalue weighted by Crippen LogP contribution is 2.65. The van der Waals surface area contributed by atoms with Gasteiger partial charge in [0.05, 0.1) is 6.42 Å². The van der Waals surface area contributed by atoms with Crippen LogP contribution in [0.4, 0.5) is 0 Å². The fraction of sp³-hybridized carbons (Fsp3) is 0.625. The summed E-state index contributed by atoms with van der Waals surface area (Å²) in [5, 5.41) is 12.1. The number of fused-ring (bicyclic) bond motifs is 5. The summed E-state index contributed by atoms with van der Waals surface area (Å²) >= 11 is 0. The number of allylic oxidation sites excluding steroid dienone is 1. The van der Waals surface area contributed by atoms with Gasteiger partial charge in [-0.1, -0.05) is 49.8 Å². The van der Waals surface area contributed by atoms with E-state index in [2.05, 4.69) is 19.2 Å². The maximum atomic E-state index is 12.8. The van der Waals surface area contributed by atoms with E-state index in [0.29, 0.717) is 24.2 Å². The van der Waals surface area contributed by atoms with Crippen molar-refractivity contribution in [2.75, 3.05) is 0 Å². The van der Waals surface area contributed by atoms with Crippen LogP contribution in [-0.2, 0) is 30.3 Å². The van der Waals surface area contributed by atoms with Gasteiger partial charge in [-0.25, -0.2) is 4.79 Å². The molecule has 0 saturated heterocycles. The molecule has 0 aliphatic heterocycles. The first kappa shape index (κ1) is 27.6. The number of amides is 1. The van der Waals surface area contributed by atoms with Crippen LogP contribution in [0.25, 0.3) is 0 Å². The Labute approximate surface area is 230 Å². The van der Waals surface area contributed by atoms with Gasteiger partial charge in [0.25, 0.3) is 0 Å². The van der Waals surface area contributed by atoms with E-state index in [4.69, 9.17) is 4.74 Å². The molecule has 0 aromatic heterocycles.